The molecule has 0 aromatic carbocycles. The molecule has 20 heavy (non-hydrogen) atoms. The predicted octanol–water partition coefficient (Wildman–Crippen LogP) is -0.724. The molecule has 1 saturated heterocycles. The van der Waals surface area contributed by atoms with Gasteiger partial charge in [0.05, 0.1) is 0 Å². The number of hydrogen-bond donors (Lipinski definition) is 3. The second kappa shape index (κ2) is 7.11. The van der Waals surface area contributed by atoms with Gasteiger partial charge in [-0.1, -0.05) is 0 Å². The molecular formula is C11H21N5O3S. The van der Waals surface area contributed by atoms with Crippen molar-refractivity contribution >= 4 is 10.2 Å². The summed E-state index contributed by atoms with van der Waals surface area (Å²) in [6.07, 6.45) is 4.20. The monoisotopic (exact) mass is 303 g/mol. The zero-order valence-electron chi connectivity index (χ0n) is 11.3. The number of aliphatic hydroxyl groups is 1. The summed E-state index contributed by atoms with van der Waals surface area (Å²) in [5.41, 5.74) is 0. The fourth-order valence-electron chi connectivity index (χ4n) is 2.23. The topological polar surface area (TPSA) is 111 Å². The molecule has 1 aromatic heterocycles. The number of aromatic amines is 1. The summed E-state index contributed by atoms with van der Waals surface area (Å²) in [4.78, 5) is 3.98. The van der Waals surface area contributed by atoms with Gasteiger partial charge in [-0.2, -0.15) is 17.8 Å². The SMILES string of the molecule is O=S(=O)(NCCCc1ncn[nH]1)N1CCC(CO)CC1. The van der Waals surface area contributed by atoms with Gasteiger partial charge in [0, 0.05) is 32.7 Å². The number of nitrogens with one attached hydrogen (secondary N) is 2. The van der Waals surface area contributed by atoms with Crippen LogP contribution in [0.5, 0.6) is 0 Å². The van der Waals surface area contributed by atoms with Crippen LogP contribution in [0.3, 0.4) is 0 Å². The Kier molecular flexibility index (Phi) is 5.46. The molecule has 0 amide bonds. The number of H-pyrrole nitrogens is 1. The van der Waals surface area contributed by atoms with E-state index in [0.717, 1.165) is 18.7 Å². The maximum atomic E-state index is 12.1. The third-order valence-electron chi connectivity index (χ3n) is 3.51. The Morgan fingerprint density at radius 3 is 2.80 bits per heavy atom. The quantitative estimate of drug-likeness (QED) is 0.575. The minimum Gasteiger partial charge on any atom is -0.396 e. The summed E-state index contributed by atoms with van der Waals surface area (Å²) in [5.74, 6) is 0.987. The first-order valence-corrected chi connectivity index (χ1v) is 8.25. The average molecular weight is 303 g/mol. The summed E-state index contributed by atoms with van der Waals surface area (Å²) < 4.78 is 28.2. The Morgan fingerprint density at radius 1 is 1.45 bits per heavy atom. The van der Waals surface area contributed by atoms with E-state index in [1.165, 1.54) is 10.6 Å². The van der Waals surface area contributed by atoms with Crippen molar-refractivity contribution in [1.82, 2.24) is 24.2 Å². The largest absolute Gasteiger partial charge is 0.396 e. The van der Waals surface area contributed by atoms with Crippen molar-refractivity contribution in [3.05, 3.63) is 12.2 Å². The first kappa shape index (κ1) is 15.4. The van der Waals surface area contributed by atoms with Gasteiger partial charge in [-0.25, -0.2) is 9.71 Å². The fraction of sp³-hybridized carbons (Fsp3) is 0.818. The molecule has 0 spiro atoms. The maximum Gasteiger partial charge on any atom is 0.279 e. The van der Waals surface area contributed by atoms with Crippen LogP contribution in [0.1, 0.15) is 25.1 Å². The van der Waals surface area contributed by atoms with E-state index in [0.29, 0.717) is 32.5 Å². The van der Waals surface area contributed by atoms with Gasteiger partial charge in [-0.15, -0.1) is 0 Å². The van der Waals surface area contributed by atoms with Crippen molar-refractivity contribution in [3.63, 3.8) is 0 Å². The fourth-order valence-corrected chi connectivity index (χ4v) is 3.51. The number of aromatic nitrogens is 3. The van der Waals surface area contributed by atoms with E-state index in [1.807, 2.05) is 0 Å². The number of nitrogens with zero attached hydrogens (tertiary/aromatic N) is 3. The minimum absolute atomic E-state index is 0.137. The Balaban J connectivity index is 1.71. The number of aryl methyl sites for hydroxylation is 1. The standard InChI is InChI=1S/C11H21N5O3S/c17-8-10-3-6-16(7-4-10)20(18,19)14-5-1-2-11-12-9-13-15-11/h9-10,14,17H,1-8H2,(H,12,13,15). The van der Waals surface area contributed by atoms with E-state index in [-0.39, 0.29) is 12.5 Å². The van der Waals surface area contributed by atoms with Crippen molar-refractivity contribution in [1.29, 1.82) is 0 Å². The van der Waals surface area contributed by atoms with E-state index in [9.17, 15) is 8.42 Å². The Labute approximate surface area is 118 Å². The Bertz CT molecular complexity index is 482. The van der Waals surface area contributed by atoms with Crippen molar-refractivity contribution in [2.45, 2.75) is 25.7 Å². The molecule has 3 N–H and O–H groups in total. The molecule has 0 atom stereocenters. The lowest BCUT2D eigenvalue weighted by molar-refractivity contribution is 0.169. The van der Waals surface area contributed by atoms with Crippen LogP contribution in [-0.2, 0) is 16.6 Å². The highest BCUT2D eigenvalue weighted by molar-refractivity contribution is 7.87. The number of hydrogen-bond acceptors (Lipinski definition) is 5. The smallest absolute Gasteiger partial charge is 0.279 e. The first-order valence-electron chi connectivity index (χ1n) is 6.81. The van der Waals surface area contributed by atoms with E-state index < -0.39 is 10.2 Å². The predicted molar refractivity (Wildman–Crippen MR) is 73.0 cm³/mol. The highest BCUT2D eigenvalue weighted by Gasteiger charge is 2.27. The third kappa shape index (κ3) is 4.23. The van der Waals surface area contributed by atoms with Crippen LogP contribution in [0.2, 0.25) is 0 Å². The lowest BCUT2D eigenvalue weighted by Gasteiger charge is -2.30. The zero-order valence-corrected chi connectivity index (χ0v) is 12.1. The van der Waals surface area contributed by atoms with Crippen molar-refractivity contribution in [3.8, 4) is 0 Å². The van der Waals surface area contributed by atoms with Crippen LogP contribution in [0.4, 0.5) is 0 Å². The maximum absolute atomic E-state index is 12.1. The summed E-state index contributed by atoms with van der Waals surface area (Å²) >= 11 is 0. The molecule has 0 bridgehead atoms. The van der Waals surface area contributed by atoms with Gasteiger partial charge in [-0.3, -0.25) is 5.10 Å². The highest BCUT2D eigenvalue weighted by atomic mass is 32.2. The van der Waals surface area contributed by atoms with Crippen LogP contribution >= 0.6 is 0 Å². The summed E-state index contributed by atoms with van der Waals surface area (Å²) in [7, 11) is -3.40. The van der Waals surface area contributed by atoms with Gasteiger partial charge in [-0.05, 0) is 25.2 Å². The number of aliphatic hydroxyl groups excluding tert-OH is 1. The minimum atomic E-state index is -3.40. The molecule has 0 unspecified atom stereocenters. The van der Waals surface area contributed by atoms with E-state index in [2.05, 4.69) is 19.9 Å². The molecule has 1 aromatic rings. The molecule has 9 heteroatoms. The van der Waals surface area contributed by atoms with Crippen LogP contribution in [0.25, 0.3) is 0 Å². The van der Waals surface area contributed by atoms with Gasteiger partial charge in [0.25, 0.3) is 10.2 Å². The summed E-state index contributed by atoms with van der Waals surface area (Å²) in [5, 5.41) is 15.5. The molecule has 1 aliphatic heterocycles. The molecule has 2 heterocycles. The van der Waals surface area contributed by atoms with E-state index >= 15 is 0 Å². The molecule has 0 aliphatic carbocycles. The van der Waals surface area contributed by atoms with Crippen molar-refractivity contribution in [2.75, 3.05) is 26.2 Å². The van der Waals surface area contributed by atoms with Gasteiger partial charge < -0.3 is 5.11 Å². The van der Waals surface area contributed by atoms with Crippen LogP contribution < -0.4 is 4.72 Å². The van der Waals surface area contributed by atoms with Crippen molar-refractivity contribution in [2.24, 2.45) is 5.92 Å². The third-order valence-corrected chi connectivity index (χ3v) is 5.13. The average Bonchev–Trinajstić information content (AvgIpc) is 2.97. The van der Waals surface area contributed by atoms with Crippen LogP contribution in [0.15, 0.2) is 6.33 Å². The summed E-state index contributed by atoms with van der Waals surface area (Å²) in [6, 6.07) is 0. The molecule has 0 saturated carbocycles. The lowest BCUT2D eigenvalue weighted by Crippen LogP contribution is -2.45. The molecule has 2 rings (SSSR count). The van der Waals surface area contributed by atoms with E-state index in [4.69, 9.17) is 5.11 Å². The highest BCUT2D eigenvalue weighted by Crippen LogP contribution is 2.18. The zero-order chi connectivity index (χ0) is 14.4. The second-order valence-electron chi connectivity index (χ2n) is 4.96. The molecule has 8 nitrogen and oxygen atoms in total. The van der Waals surface area contributed by atoms with Gasteiger partial charge in [0.15, 0.2) is 0 Å². The van der Waals surface area contributed by atoms with Crippen LogP contribution in [-0.4, -0.2) is 59.3 Å². The molecule has 114 valence electrons. The van der Waals surface area contributed by atoms with E-state index in [1.54, 1.807) is 0 Å². The van der Waals surface area contributed by atoms with Gasteiger partial charge >= 0.3 is 0 Å². The van der Waals surface area contributed by atoms with Crippen molar-refractivity contribution < 1.29 is 13.5 Å². The Morgan fingerprint density at radius 2 is 2.20 bits per heavy atom. The van der Waals surface area contributed by atoms with Gasteiger partial charge in [0.1, 0.15) is 12.2 Å². The van der Waals surface area contributed by atoms with Crippen LogP contribution in [0, 0.1) is 5.92 Å². The molecule has 1 aliphatic rings. The number of rotatable bonds is 7. The Hall–Kier alpha value is -1.03. The van der Waals surface area contributed by atoms with Gasteiger partial charge in [0.2, 0.25) is 0 Å². The first-order chi connectivity index (χ1) is 9.62. The summed E-state index contributed by atoms with van der Waals surface area (Å²) in [6.45, 7) is 1.47. The second-order valence-corrected chi connectivity index (χ2v) is 6.72. The number of piperidine rings is 1. The molecule has 1 fully saturated rings. The molecule has 0 radical (unpaired) electrons. The molecular weight excluding hydrogens is 282 g/mol. The normalized spacial score (nSPS) is 18.4. The lowest BCUT2D eigenvalue weighted by atomic mass is 10.00.